The number of anilines is 2. The second kappa shape index (κ2) is 8.64. The first-order valence-corrected chi connectivity index (χ1v) is 11.6. The van der Waals surface area contributed by atoms with E-state index < -0.39 is 22.5 Å². The molecule has 6 nitrogen and oxygen atoms in total. The van der Waals surface area contributed by atoms with Crippen molar-refractivity contribution < 1.29 is 23.1 Å². The van der Waals surface area contributed by atoms with E-state index in [1.165, 1.54) is 34.7 Å². The maximum atomic E-state index is 14.0. The highest BCUT2D eigenvalue weighted by Crippen LogP contribution is 2.55. The van der Waals surface area contributed by atoms with Gasteiger partial charge in [0, 0.05) is 23.5 Å². The summed E-state index contributed by atoms with van der Waals surface area (Å²) in [6.07, 6.45) is 0. The van der Waals surface area contributed by atoms with Crippen LogP contribution in [0.3, 0.4) is 0 Å². The van der Waals surface area contributed by atoms with Gasteiger partial charge < -0.3 is 15.0 Å². The largest absolute Gasteiger partial charge is 0.497 e. The average molecular weight is 482 g/mol. The SMILES string of the molecule is COc1ccc2c(c1)[C@]1(SCCN1C(=O)Nc1ccccc1)C(=O)N2Cc1ccc(F)c(F)c1. The van der Waals surface area contributed by atoms with Gasteiger partial charge >= 0.3 is 6.03 Å². The molecular weight excluding hydrogens is 460 g/mol. The van der Waals surface area contributed by atoms with Gasteiger partial charge in [0.15, 0.2) is 16.5 Å². The van der Waals surface area contributed by atoms with Gasteiger partial charge in [0.25, 0.3) is 5.91 Å². The molecule has 1 spiro atoms. The summed E-state index contributed by atoms with van der Waals surface area (Å²) in [4.78, 5) is 29.1. The Bertz CT molecular complexity index is 1270. The molecule has 5 rings (SSSR count). The molecule has 2 aliphatic heterocycles. The van der Waals surface area contributed by atoms with E-state index in [9.17, 15) is 18.4 Å². The number of nitrogens with zero attached hydrogens (tertiary/aromatic N) is 2. The molecule has 0 unspecified atom stereocenters. The van der Waals surface area contributed by atoms with Crippen molar-refractivity contribution in [2.24, 2.45) is 0 Å². The topological polar surface area (TPSA) is 61.9 Å². The summed E-state index contributed by atoms with van der Waals surface area (Å²) in [6, 6.07) is 17.5. The van der Waals surface area contributed by atoms with Crippen LogP contribution in [0.2, 0.25) is 0 Å². The number of carbonyl (C=O) groups is 2. The fourth-order valence-corrected chi connectivity index (χ4v) is 5.86. The van der Waals surface area contributed by atoms with Crippen molar-refractivity contribution in [1.82, 2.24) is 4.90 Å². The second-order valence-electron chi connectivity index (χ2n) is 7.96. The predicted octanol–water partition coefficient (Wildman–Crippen LogP) is 4.95. The fraction of sp³-hybridized carbons (Fsp3) is 0.200. The number of amides is 3. The lowest BCUT2D eigenvalue weighted by Gasteiger charge is -2.33. The molecule has 0 aromatic heterocycles. The zero-order chi connectivity index (χ0) is 23.9. The Kier molecular flexibility index (Phi) is 5.65. The third-order valence-electron chi connectivity index (χ3n) is 6.00. The van der Waals surface area contributed by atoms with E-state index in [4.69, 9.17) is 4.74 Å². The van der Waals surface area contributed by atoms with Crippen LogP contribution >= 0.6 is 11.8 Å². The van der Waals surface area contributed by atoms with Crippen molar-refractivity contribution in [1.29, 1.82) is 0 Å². The zero-order valence-corrected chi connectivity index (χ0v) is 19.1. The van der Waals surface area contributed by atoms with Crippen LogP contribution in [0.4, 0.5) is 25.0 Å². The third kappa shape index (κ3) is 3.56. The maximum Gasteiger partial charge on any atom is 0.323 e. The van der Waals surface area contributed by atoms with Gasteiger partial charge in [0.1, 0.15) is 5.75 Å². The van der Waals surface area contributed by atoms with E-state index in [0.717, 1.165) is 12.1 Å². The Morgan fingerprint density at radius 1 is 1.09 bits per heavy atom. The molecule has 0 bridgehead atoms. The number of ether oxygens (including phenoxy) is 1. The molecule has 34 heavy (non-hydrogen) atoms. The third-order valence-corrected chi connectivity index (χ3v) is 7.41. The summed E-state index contributed by atoms with van der Waals surface area (Å²) >= 11 is 1.37. The fourth-order valence-electron chi connectivity index (χ4n) is 4.41. The van der Waals surface area contributed by atoms with Crippen LogP contribution in [0.25, 0.3) is 0 Å². The first-order chi connectivity index (χ1) is 16.4. The van der Waals surface area contributed by atoms with E-state index in [-0.39, 0.29) is 12.5 Å². The highest BCUT2D eigenvalue weighted by atomic mass is 32.2. The van der Waals surface area contributed by atoms with E-state index in [1.54, 1.807) is 30.3 Å². The molecule has 0 aliphatic carbocycles. The smallest absolute Gasteiger partial charge is 0.323 e. The van der Waals surface area contributed by atoms with Crippen LogP contribution in [0.15, 0.2) is 66.7 Å². The van der Waals surface area contributed by atoms with Crippen LogP contribution in [-0.4, -0.2) is 36.2 Å². The first-order valence-electron chi connectivity index (χ1n) is 10.7. The van der Waals surface area contributed by atoms with Gasteiger partial charge in [-0.1, -0.05) is 24.3 Å². The Labute approximate surface area is 199 Å². The normalized spacial score (nSPS) is 19.0. The summed E-state index contributed by atoms with van der Waals surface area (Å²) in [5.41, 5.74) is 2.29. The summed E-state index contributed by atoms with van der Waals surface area (Å²) < 4.78 is 32.7. The molecule has 3 aromatic carbocycles. The number of fused-ring (bicyclic) bond motifs is 2. The molecule has 1 N–H and O–H groups in total. The van der Waals surface area contributed by atoms with E-state index in [1.807, 2.05) is 18.2 Å². The second-order valence-corrected chi connectivity index (χ2v) is 9.25. The Hall–Kier alpha value is -3.59. The molecule has 1 saturated heterocycles. The number of carbonyl (C=O) groups excluding carboxylic acids is 2. The molecular formula is C25H21F2N3O3S. The predicted molar refractivity (Wildman–Crippen MR) is 127 cm³/mol. The van der Waals surface area contributed by atoms with Gasteiger partial charge in [-0.05, 0) is 48.0 Å². The van der Waals surface area contributed by atoms with E-state index >= 15 is 0 Å². The molecule has 2 heterocycles. The molecule has 9 heteroatoms. The minimum absolute atomic E-state index is 0.0335. The molecule has 1 fully saturated rings. The number of nitrogens with one attached hydrogen (secondary N) is 1. The van der Waals surface area contributed by atoms with Crippen molar-refractivity contribution in [3.8, 4) is 5.75 Å². The van der Waals surface area contributed by atoms with E-state index in [2.05, 4.69) is 5.32 Å². The molecule has 0 saturated carbocycles. The maximum absolute atomic E-state index is 14.0. The highest BCUT2D eigenvalue weighted by Gasteiger charge is 2.59. The number of para-hydroxylation sites is 1. The van der Waals surface area contributed by atoms with Gasteiger partial charge in [0.2, 0.25) is 0 Å². The van der Waals surface area contributed by atoms with Gasteiger partial charge in [-0.25, -0.2) is 13.6 Å². The molecule has 3 aromatic rings. The average Bonchev–Trinajstić information content (AvgIpc) is 3.39. The van der Waals surface area contributed by atoms with Crippen LogP contribution in [0.1, 0.15) is 11.1 Å². The Balaban J connectivity index is 1.55. The van der Waals surface area contributed by atoms with Crippen molar-refractivity contribution in [3.63, 3.8) is 0 Å². The number of hydrogen-bond donors (Lipinski definition) is 1. The lowest BCUT2D eigenvalue weighted by molar-refractivity contribution is -0.123. The summed E-state index contributed by atoms with van der Waals surface area (Å²) in [7, 11) is 1.53. The van der Waals surface area contributed by atoms with Crippen molar-refractivity contribution in [2.75, 3.05) is 29.6 Å². The van der Waals surface area contributed by atoms with Gasteiger partial charge in [-0.3, -0.25) is 9.69 Å². The summed E-state index contributed by atoms with van der Waals surface area (Å²) in [5, 5.41) is 2.87. The Morgan fingerprint density at radius 2 is 1.88 bits per heavy atom. The molecule has 2 aliphatic rings. The van der Waals surface area contributed by atoms with Crippen molar-refractivity contribution in [3.05, 3.63) is 89.5 Å². The number of hydrogen-bond acceptors (Lipinski definition) is 4. The Morgan fingerprint density at radius 3 is 2.62 bits per heavy atom. The number of thioether (sulfide) groups is 1. The van der Waals surface area contributed by atoms with Gasteiger partial charge in [0.05, 0.1) is 19.3 Å². The molecule has 3 amide bonds. The summed E-state index contributed by atoms with van der Waals surface area (Å²) in [6.45, 7) is 0.399. The van der Waals surface area contributed by atoms with Crippen molar-refractivity contribution >= 4 is 35.1 Å². The van der Waals surface area contributed by atoms with Crippen LogP contribution in [0, 0.1) is 11.6 Å². The lowest BCUT2D eigenvalue weighted by atomic mass is 10.1. The zero-order valence-electron chi connectivity index (χ0n) is 18.3. The van der Waals surface area contributed by atoms with Gasteiger partial charge in [-0.2, -0.15) is 0 Å². The number of halogens is 2. The highest BCUT2D eigenvalue weighted by molar-refractivity contribution is 8.01. The monoisotopic (exact) mass is 481 g/mol. The number of urea groups is 1. The van der Waals surface area contributed by atoms with Crippen LogP contribution in [0.5, 0.6) is 5.75 Å². The molecule has 1 atom stereocenters. The molecule has 174 valence electrons. The molecule has 0 radical (unpaired) electrons. The minimum atomic E-state index is -1.29. The summed E-state index contributed by atoms with van der Waals surface area (Å²) in [5.74, 6) is -1.13. The standard InChI is InChI=1S/C25H21F2N3O3S/c1-33-18-8-10-22-19(14-18)25(23(31)29(22)15-16-7-9-20(26)21(27)13-16)30(11-12-34-25)24(32)28-17-5-3-2-4-6-17/h2-10,13-14H,11-12,15H2,1H3,(H,28,32)/t25-/m0/s1. The number of rotatable bonds is 4. The van der Waals surface area contributed by atoms with Gasteiger partial charge in [-0.15, -0.1) is 11.8 Å². The minimum Gasteiger partial charge on any atom is -0.497 e. The lowest BCUT2D eigenvalue weighted by Crippen LogP contribution is -2.51. The van der Waals surface area contributed by atoms with Crippen molar-refractivity contribution in [2.45, 2.75) is 11.4 Å². The van der Waals surface area contributed by atoms with E-state index in [0.29, 0.717) is 40.5 Å². The number of methoxy groups -OCH3 is 1. The van der Waals surface area contributed by atoms with Crippen LogP contribution < -0.4 is 15.0 Å². The van der Waals surface area contributed by atoms with Crippen LogP contribution in [-0.2, 0) is 16.2 Å². The quantitative estimate of drug-likeness (QED) is 0.573. The first kappa shape index (κ1) is 22.2. The number of benzene rings is 3.